The van der Waals surface area contributed by atoms with E-state index in [-0.39, 0.29) is 0 Å². The van der Waals surface area contributed by atoms with Gasteiger partial charge < -0.3 is 10.1 Å². The zero-order valence-electron chi connectivity index (χ0n) is 9.63. The molecule has 0 spiro atoms. The number of benzene rings is 1. The van der Waals surface area contributed by atoms with E-state index in [9.17, 15) is 0 Å². The van der Waals surface area contributed by atoms with Crippen LogP contribution >= 0.6 is 15.9 Å². The second-order valence-electron chi connectivity index (χ2n) is 4.24. The first-order valence-corrected chi connectivity index (χ1v) is 6.67. The predicted octanol–water partition coefficient (Wildman–Crippen LogP) is 3.66. The van der Waals surface area contributed by atoms with E-state index < -0.39 is 0 Å². The first-order valence-electron chi connectivity index (χ1n) is 5.88. The molecule has 1 fully saturated rings. The summed E-state index contributed by atoms with van der Waals surface area (Å²) in [6.45, 7) is 1.12. The molecule has 88 valence electrons. The molecule has 0 bridgehead atoms. The van der Waals surface area contributed by atoms with Crippen LogP contribution in [0.15, 0.2) is 22.7 Å². The molecular formula is C13H18BrNO. The minimum atomic E-state index is 0.465. The van der Waals surface area contributed by atoms with E-state index in [0.29, 0.717) is 6.04 Å². The summed E-state index contributed by atoms with van der Waals surface area (Å²) in [6, 6.07) is 6.66. The van der Waals surface area contributed by atoms with Gasteiger partial charge >= 0.3 is 0 Å². The number of ether oxygens (including phenoxy) is 1. The van der Waals surface area contributed by atoms with Crippen LogP contribution in [0, 0.1) is 0 Å². The van der Waals surface area contributed by atoms with E-state index in [1.54, 1.807) is 7.11 Å². The highest BCUT2D eigenvalue weighted by Crippen LogP contribution is 2.31. The summed E-state index contributed by atoms with van der Waals surface area (Å²) in [5.41, 5.74) is 1.32. The van der Waals surface area contributed by atoms with Gasteiger partial charge in [0.05, 0.1) is 7.11 Å². The maximum atomic E-state index is 5.28. The third-order valence-corrected chi connectivity index (χ3v) is 3.86. The van der Waals surface area contributed by atoms with Crippen LogP contribution in [0.5, 0.6) is 5.75 Å². The Labute approximate surface area is 106 Å². The maximum Gasteiger partial charge on any atom is 0.119 e. The van der Waals surface area contributed by atoms with Gasteiger partial charge in [-0.2, -0.15) is 0 Å². The van der Waals surface area contributed by atoms with Gasteiger partial charge in [0, 0.05) is 10.5 Å². The van der Waals surface area contributed by atoms with Crippen molar-refractivity contribution < 1.29 is 4.74 Å². The average molecular weight is 284 g/mol. The lowest BCUT2D eigenvalue weighted by Crippen LogP contribution is -2.20. The predicted molar refractivity (Wildman–Crippen MR) is 69.9 cm³/mol. The Hall–Kier alpha value is -0.540. The van der Waals surface area contributed by atoms with Crippen molar-refractivity contribution in [1.29, 1.82) is 0 Å². The van der Waals surface area contributed by atoms with Crippen LogP contribution in [0.25, 0.3) is 0 Å². The second kappa shape index (κ2) is 5.69. The zero-order chi connectivity index (χ0) is 11.4. The molecule has 1 heterocycles. The van der Waals surface area contributed by atoms with Gasteiger partial charge in [-0.25, -0.2) is 0 Å². The summed E-state index contributed by atoms with van der Waals surface area (Å²) in [5, 5.41) is 3.60. The van der Waals surface area contributed by atoms with Gasteiger partial charge in [-0.15, -0.1) is 0 Å². The maximum absolute atomic E-state index is 5.28. The quantitative estimate of drug-likeness (QED) is 0.894. The molecule has 1 aromatic carbocycles. The topological polar surface area (TPSA) is 21.3 Å². The highest BCUT2D eigenvalue weighted by atomic mass is 79.9. The van der Waals surface area contributed by atoms with Gasteiger partial charge in [0.15, 0.2) is 0 Å². The van der Waals surface area contributed by atoms with Gasteiger partial charge in [0.1, 0.15) is 5.75 Å². The molecule has 0 amide bonds. The van der Waals surface area contributed by atoms with E-state index in [1.807, 2.05) is 6.07 Å². The largest absolute Gasteiger partial charge is 0.497 e. The van der Waals surface area contributed by atoms with E-state index in [1.165, 1.54) is 35.7 Å². The van der Waals surface area contributed by atoms with Crippen molar-refractivity contribution in [2.75, 3.05) is 13.7 Å². The molecule has 0 aliphatic carbocycles. The first kappa shape index (κ1) is 11.9. The molecule has 1 aliphatic rings. The number of hydrogen-bond acceptors (Lipinski definition) is 2. The van der Waals surface area contributed by atoms with Gasteiger partial charge in [-0.1, -0.05) is 28.8 Å². The molecule has 1 saturated heterocycles. The molecule has 1 N–H and O–H groups in total. The fraction of sp³-hybridized carbons (Fsp3) is 0.538. The molecule has 0 saturated carbocycles. The molecular weight excluding hydrogens is 266 g/mol. The highest BCUT2D eigenvalue weighted by molar-refractivity contribution is 9.10. The number of methoxy groups -OCH3 is 1. The summed E-state index contributed by atoms with van der Waals surface area (Å²) < 4.78 is 6.46. The molecule has 2 rings (SSSR count). The Morgan fingerprint density at radius 3 is 3.00 bits per heavy atom. The van der Waals surface area contributed by atoms with E-state index >= 15 is 0 Å². The molecule has 0 radical (unpaired) electrons. The molecule has 0 aromatic heterocycles. The standard InChI is InChI=1S/C13H18BrNO/c1-16-10-6-7-12(14)11(9-10)13-5-3-2-4-8-15-13/h6-7,9,13,15H,2-5,8H2,1H3. The summed E-state index contributed by atoms with van der Waals surface area (Å²) in [6.07, 6.45) is 5.15. The van der Waals surface area contributed by atoms with E-state index in [4.69, 9.17) is 4.74 Å². The number of rotatable bonds is 2. The monoisotopic (exact) mass is 283 g/mol. The molecule has 16 heavy (non-hydrogen) atoms. The minimum Gasteiger partial charge on any atom is -0.497 e. The van der Waals surface area contributed by atoms with Gasteiger partial charge in [0.25, 0.3) is 0 Å². The van der Waals surface area contributed by atoms with E-state index in [0.717, 1.165) is 12.3 Å². The van der Waals surface area contributed by atoms with Crippen molar-refractivity contribution in [2.45, 2.75) is 31.7 Å². The summed E-state index contributed by atoms with van der Waals surface area (Å²) in [5.74, 6) is 0.934. The third-order valence-electron chi connectivity index (χ3n) is 3.14. The van der Waals surface area contributed by atoms with E-state index in [2.05, 4.69) is 33.4 Å². The van der Waals surface area contributed by atoms with Crippen LogP contribution in [-0.4, -0.2) is 13.7 Å². The molecule has 1 aromatic rings. The van der Waals surface area contributed by atoms with Crippen molar-refractivity contribution in [3.8, 4) is 5.75 Å². The Kier molecular flexibility index (Phi) is 4.24. The molecule has 3 heteroatoms. The SMILES string of the molecule is COc1ccc(Br)c(C2CCCCCN2)c1. The molecule has 2 nitrogen and oxygen atoms in total. The van der Waals surface area contributed by atoms with Gasteiger partial charge in [-0.3, -0.25) is 0 Å². The lowest BCUT2D eigenvalue weighted by Gasteiger charge is -2.18. The third kappa shape index (κ3) is 2.77. The minimum absolute atomic E-state index is 0.465. The Morgan fingerprint density at radius 1 is 1.31 bits per heavy atom. The Bertz CT molecular complexity index is 346. The van der Waals surface area contributed by atoms with Crippen LogP contribution in [0.2, 0.25) is 0 Å². The number of hydrogen-bond donors (Lipinski definition) is 1. The molecule has 1 atom stereocenters. The van der Waals surface area contributed by atoms with Crippen molar-refractivity contribution in [2.24, 2.45) is 0 Å². The second-order valence-corrected chi connectivity index (χ2v) is 5.10. The summed E-state index contributed by atoms with van der Waals surface area (Å²) in [7, 11) is 1.72. The van der Waals surface area contributed by atoms with Gasteiger partial charge in [0.2, 0.25) is 0 Å². The smallest absolute Gasteiger partial charge is 0.119 e. The van der Waals surface area contributed by atoms with Crippen LogP contribution in [0.3, 0.4) is 0 Å². The number of nitrogens with one attached hydrogen (secondary N) is 1. The van der Waals surface area contributed by atoms with Crippen LogP contribution in [0.4, 0.5) is 0 Å². The zero-order valence-corrected chi connectivity index (χ0v) is 11.2. The normalized spacial score (nSPS) is 21.5. The lowest BCUT2D eigenvalue weighted by atomic mass is 10.0. The Balaban J connectivity index is 2.22. The molecule has 1 unspecified atom stereocenters. The van der Waals surface area contributed by atoms with Crippen molar-refractivity contribution >= 4 is 15.9 Å². The fourth-order valence-corrected chi connectivity index (χ4v) is 2.73. The molecule has 1 aliphatic heterocycles. The summed E-state index contributed by atoms with van der Waals surface area (Å²) in [4.78, 5) is 0. The van der Waals surface area contributed by atoms with Crippen LogP contribution < -0.4 is 10.1 Å². The van der Waals surface area contributed by atoms with Crippen molar-refractivity contribution in [1.82, 2.24) is 5.32 Å². The Morgan fingerprint density at radius 2 is 2.19 bits per heavy atom. The lowest BCUT2D eigenvalue weighted by molar-refractivity contribution is 0.412. The van der Waals surface area contributed by atoms with Crippen molar-refractivity contribution in [3.63, 3.8) is 0 Å². The average Bonchev–Trinajstić information content (AvgIpc) is 2.58. The highest BCUT2D eigenvalue weighted by Gasteiger charge is 2.16. The van der Waals surface area contributed by atoms with Crippen LogP contribution in [-0.2, 0) is 0 Å². The van der Waals surface area contributed by atoms with Crippen molar-refractivity contribution in [3.05, 3.63) is 28.2 Å². The van der Waals surface area contributed by atoms with Crippen LogP contribution in [0.1, 0.15) is 37.3 Å². The van der Waals surface area contributed by atoms with Gasteiger partial charge in [-0.05, 0) is 43.1 Å². The number of halogens is 1. The fourth-order valence-electron chi connectivity index (χ4n) is 2.21. The first-order chi connectivity index (χ1) is 7.81. The summed E-state index contributed by atoms with van der Waals surface area (Å²) >= 11 is 3.63.